The molecular formula is C10H11N5O2S. The lowest BCUT2D eigenvalue weighted by molar-refractivity contribution is 0.601. The van der Waals surface area contributed by atoms with Crippen molar-refractivity contribution in [2.24, 2.45) is 5.84 Å². The van der Waals surface area contributed by atoms with Gasteiger partial charge in [-0.1, -0.05) is 6.07 Å². The molecular weight excluding hydrogens is 254 g/mol. The van der Waals surface area contributed by atoms with Crippen molar-refractivity contribution in [3.63, 3.8) is 0 Å². The average molecular weight is 265 g/mol. The maximum Gasteiger partial charge on any atom is 0.266 e. The van der Waals surface area contributed by atoms with E-state index in [1.807, 2.05) is 0 Å². The molecule has 0 aliphatic rings. The molecule has 0 atom stereocenters. The largest absolute Gasteiger partial charge is 0.323 e. The zero-order chi connectivity index (χ0) is 13.0. The van der Waals surface area contributed by atoms with E-state index in [0.717, 1.165) is 0 Å². The third-order valence-corrected chi connectivity index (χ3v) is 3.52. The van der Waals surface area contributed by atoms with E-state index in [4.69, 9.17) is 5.84 Å². The summed E-state index contributed by atoms with van der Waals surface area (Å²) in [4.78, 5) is 7.61. The van der Waals surface area contributed by atoms with E-state index < -0.39 is 10.0 Å². The van der Waals surface area contributed by atoms with E-state index in [9.17, 15) is 8.42 Å². The molecule has 2 aromatic heterocycles. The zero-order valence-corrected chi connectivity index (χ0v) is 10.1. The highest BCUT2D eigenvalue weighted by atomic mass is 32.2. The van der Waals surface area contributed by atoms with Crippen molar-refractivity contribution in [1.29, 1.82) is 0 Å². The average Bonchev–Trinajstić information content (AvgIpc) is 2.39. The number of hydrogen-bond donors (Lipinski definition) is 3. The molecule has 7 nitrogen and oxygen atoms in total. The highest BCUT2D eigenvalue weighted by molar-refractivity contribution is 7.92. The molecule has 0 aromatic carbocycles. The summed E-state index contributed by atoms with van der Waals surface area (Å²) in [5.74, 6) is 5.48. The van der Waals surface area contributed by atoms with Crippen LogP contribution in [0.15, 0.2) is 47.8 Å². The molecule has 0 fully saturated rings. The molecule has 0 unspecified atom stereocenters. The molecule has 0 amide bonds. The molecule has 0 saturated heterocycles. The molecule has 0 aliphatic carbocycles. The van der Waals surface area contributed by atoms with Gasteiger partial charge in [-0.3, -0.25) is 15.5 Å². The predicted octanol–water partition coefficient (Wildman–Crippen LogP) is 0.563. The number of sulfonamides is 1. The lowest BCUT2D eigenvalue weighted by Crippen LogP contribution is -2.18. The van der Waals surface area contributed by atoms with Crippen molar-refractivity contribution in [3.8, 4) is 0 Å². The number of hydrazine groups is 1. The fourth-order valence-corrected chi connectivity index (χ4v) is 2.45. The molecule has 18 heavy (non-hydrogen) atoms. The van der Waals surface area contributed by atoms with Crippen molar-refractivity contribution in [1.82, 2.24) is 9.97 Å². The quantitative estimate of drug-likeness (QED) is 0.550. The fraction of sp³-hybridized carbons (Fsp3) is 0. The minimum absolute atomic E-state index is 0.0434. The monoisotopic (exact) mass is 265 g/mol. The number of nitrogens with zero attached hydrogens (tertiary/aromatic N) is 2. The van der Waals surface area contributed by atoms with E-state index in [1.165, 1.54) is 24.7 Å². The molecule has 2 rings (SSSR count). The van der Waals surface area contributed by atoms with Crippen LogP contribution in [0.25, 0.3) is 0 Å². The van der Waals surface area contributed by atoms with Crippen molar-refractivity contribution in [2.75, 3.05) is 10.1 Å². The Labute approximate surface area is 104 Å². The summed E-state index contributed by atoms with van der Waals surface area (Å²) < 4.78 is 26.5. The van der Waals surface area contributed by atoms with Gasteiger partial charge in [0.2, 0.25) is 0 Å². The zero-order valence-electron chi connectivity index (χ0n) is 9.24. The van der Waals surface area contributed by atoms with Gasteiger partial charge in [-0.2, -0.15) is 0 Å². The van der Waals surface area contributed by atoms with Crippen LogP contribution in [-0.4, -0.2) is 18.4 Å². The molecule has 0 saturated carbocycles. The summed E-state index contributed by atoms with van der Waals surface area (Å²) in [6.45, 7) is 0. The Bertz CT molecular complexity index is 630. The number of anilines is 2. The number of nitrogen functional groups attached to an aromatic ring is 1. The topological polar surface area (TPSA) is 110 Å². The van der Waals surface area contributed by atoms with Gasteiger partial charge in [-0.05, 0) is 18.2 Å². The lowest BCUT2D eigenvalue weighted by Gasteiger charge is -2.10. The van der Waals surface area contributed by atoms with Gasteiger partial charge < -0.3 is 5.43 Å². The SMILES string of the molecule is NNc1ccncc1S(=O)(=O)Nc1ccccn1. The number of hydrogen-bond acceptors (Lipinski definition) is 6. The van der Waals surface area contributed by atoms with Gasteiger partial charge in [0.15, 0.2) is 0 Å². The molecule has 8 heteroatoms. The standard InChI is InChI=1S/C10H11N5O2S/c11-14-8-4-6-12-7-9(8)18(16,17)15-10-3-1-2-5-13-10/h1-7H,11H2,(H,12,14)(H,13,15). The molecule has 0 radical (unpaired) electrons. The maximum atomic E-state index is 12.1. The first-order valence-electron chi connectivity index (χ1n) is 4.98. The number of rotatable bonds is 4. The van der Waals surface area contributed by atoms with E-state index in [0.29, 0.717) is 0 Å². The summed E-state index contributed by atoms with van der Waals surface area (Å²) in [7, 11) is -3.77. The van der Waals surface area contributed by atoms with Crippen LogP contribution in [-0.2, 0) is 10.0 Å². The number of aromatic nitrogens is 2. The molecule has 4 N–H and O–H groups in total. The Balaban J connectivity index is 2.37. The predicted molar refractivity (Wildman–Crippen MR) is 67.1 cm³/mol. The van der Waals surface area contributed by atoms with Gasteiger partial charge in [-0.25, -0.2) is 13.4 Å². The molecule has 0 spiro atoms. The van der Waals surface area contributed by atoms with Gasteiger partial charge >= 0.3 is 0 Å². The summed E-state index contributed by atoms with van der Waals surface area (Å²) in [5.41, 5.74) is 2.57. The van der Waals surface area contributed by atoms with Gasteiger partial charge in [0.05, 0.1) is 5.69 Å². The first kappa shape index (κ1) is 12.3. The normalized spacial score (nSPS) is 10.9. The van der Waals surface area contributed by atoms with Crippen LogP contribution in [0.1, 0.15) is 0 Å². The van der Waals surface area contributed by atoms with Crippen molar-refractivity contribution in [2.45, 2.75) is 4.90 Å². The number of pyridine rings is 2. The van der Waals surface area contributed by atoms with E-state index >= 15 is 0 Å². The maximum absolute atomic E-state index is 12.1. The highest BCUT2D eigenvalue weighted by Gasteiger charge is 2.18. The third kappa shape index (κ3) is 2.55. The van der Waals surface area contributed by atoms with Crippen LogP contribution >= 0.6 is 0 Å². The van der Waals surface area contributed by atoms with Crippen LogP contribution in [0, 0.1) is 0 Å². The van der Waals surface area contributed by atoms with Crippen molar-refractivity contribution < 1.29 is 8.42 Å². The molecule has 2 heterocycles. The van der Waals surface area contributed by atoms with Crippen LogP contribution in [0.2, 0.25) is 0 Å². The summed E-state index contributed by atoms with van der Waals surface area (Å²) in [5, 5.41) is 0. The van der Waals surface area contributed by atoms with E-state index in [1.54, 1.807) is 18.2 Å². The number of nitrogens with one attached hydrogen (secondary N) is 2. The minimum atomic E-state index is -3.77. The first-order chi connectivity index (χ1) is 8.63. The van der Waals surface area contributed by atoms with Crippen molar-refractivity contribution >= 4 is 21.5 Å². The summed E-state index contributed by atoms with van der Waals surface area (Å²) in [6.07, 6.45) is 4.14. The molecule has 94 valence electrons. The second-order valence-corrected chi connectivity index (χ2v) is 4.99. The minimum Gasteiger partial charge on any atom is -0.323 e. The third-order valence-electron chi connectivity index (χ3n) is 2.13. The molecule has 0 bridgehead atoms. The van der Waals surface area contributed by atoms with Crippen LogP contribution in [0.4, 0.5) is 11.5 Å². The Kier molecular flexibility index (Phi) is 3.40. The fourth-order valence-electron chi connectivity index (χ4n) is 1.33. The summed E-state index contributed by atoms with van der Waals surface area (Å²) >= 11 is 0. The van der Waals surface area contributed by atoms with Gasteiger partial charge in [0, 0.05) is 18.6 Å². The van der Waals surface area contributed by atoms with Crippen molar-refractivity contribution in [3.05, 3.63) is 42.9 Å². The van der Waals surface area contributed by atoms with Gasteiger partial charge in [0.1, 0.15) is 10.7 Å². The summed E-state index contributed by atoms with van der Waals surface area (Å²) in [6, 6.07) is 6.38. The smallest absolute Gasteiger partial charge is 0.266 e. The van der Waals surface area contributed by atoms with Crippen LogP contribution in [0.3, 0.4) is 0 Å². The Morgan fingerprint density at radius 3 is 2.67 bits per heavy atom. The Hall–Kier alpha value is -2.19. The highest BCUT2D eigenvalue weighted by Crippen LogP contribution is 2.20. The molecule has 2 aromatic rings. The Morgan fingerprint density at radius 2 is 2.00 bits per heavy atom. The van der Waals surface area contributed by atoms with E-state index in [-0.39, 0.29) is 16.4 Å². The first-order valence-corrected chi connectivity index (χ1v) is 6.46. The van der Waals surface area contributed by atoms with Crippen LogP contribution in [0.5, 0.6) is 0 Å². The van der Waals surface area contributed by atoms with Gasteiger partial charge in [-0.15, -0.1) is 0 Å². The lowest BCUT2D eigenvalue weighted by atomic mass is 10.4. The molecule has 0 aliphatic heterocycles. The van der Waals surface area contributed by atoms with Gasteiger partial charge in [0.25, 0.3) is 10.0 Å². The van der Waals surface area contributed by atoms with Crippen LogP contribution < -0.4 is 16.0 Å². The second-order valence-electron chi connectivity index (χ2n) is 3.34. The Morgan fingerprint density at radius 1 is 1.17 bits per heavy atom. The second kappa shape index (κ2) is 4.98. The van der Waals surface area contributed by atoms with E-state index in [2.05, 4.69) is 20.1 Å². The number of nitrogens with two attached hydrogens (primary N) is 1.